The SMILES string of the molecule is O=C(/C=C/c1ccccc1)NCc1ccc(C(=O)O)o1. The fourth-order valence-electron chi connectivity index (χ4n) is 1.56. The molecule has 0 fully saturated rings. The summed E-state index contributed by atoms with van der Waals surface area (Å²) in [5.41, 5.74) is 0.925. The van der Waals surface area contributed by atoms with Crippen LogP contribution in [0.1, 0.15) is 21.9 Å². The summed E-state index contributed by atoms with van der Waals surface area (Å²) >= 11 is 0. The molecule has 1 aromatic heterocycles. The van der Waals surface area contributed by atoms with Crippen molar-refractivity contribution in [3.63, 3.8) is 0 Å². The van der Waals surface area contributed by atoms with Gasteiger partial charge in [-0.2, -0.15) is 0 Å². The molecule has 2 N–H and O–H groups in total. The summed E-state index contributed by atoms with van der Waals surface area (Å²) in [5.74, 6) is -1.16. The molecular weight excluding hydrogens is 258 g/mol. The molecular formula is C15H13NO4. The first-order valence-electron chi connectivity index (χ1n) is 5.98. The lowest BCUT2D eigenvalue weighted by molar-refractivity contribution is -0.116. The van der Waals surface area contributed by atoms with Gasteiger partial charge in [-0.25, -0.2) is 4.79 Å². The van der Waals surface area contributed by atoms with Crippen LogP contribution in [0, 0.1) is 0 Å². The Bertz CT molecular complexity index is 628. The quantitative estimate of drug-likeness (QED) is 0.818. The molecule has 5 nitrogen and oxygen atoms in total. The Morgan fingerprint density at radius 1 is 1.15 bits per heavy atom. The van der Waals surface area contributed by atoms with E-state index in [0.717, 1.165) is 5.56 Å². The number of aromatic carboxylic acids is 1. The van der Waals surface area contributed by atoms with Crippen LogP contribution in [0.3, 0.4) is 0 Å². The Morgan fingerprint density at radius 2 is 1.90 bits per heavy atom. The number of nitrogens with one attached hydrogen (secondary N) is 1. The molecule has 0 radical (unpaired) electrons. The highest BCUT2D eigenvalue weighted by molar-refractivity contribution is 5.91. The Balaban J connectivity index is 1.86. The number of furan rings is 1. The van der Waals surface area contributed by atoms with Gasteiger partial charge in [0.1, 0.15) is 5.76 Å². The molecule has 0 spiro atoms. The molecule has 0 saturated heterocycles. The van der Waals surface area contributed by atoms with Crippen molar-refractivity contribution in [1.82, 2.24) is 5.32 Å². The molecule has 0 unspecified atom stereocenters. The Kier molecular flexibility index (Phi) is 4.34. The first kappa shape index (κ1) is 13.6. The van der Waals surface area contributed by atoms with E-state index in [4.69, 9.17) is 9.52 Å². The zero-order valence-corrected chi connectivity index (χ0v) is 10.6. The van der Waals surface area contributed by atoms with Crippen LogP contribution in [0.2, 0.25) is 0 Å². The van der Waals surface area contributed by atoms with Gasteiger partial charge >= 0.3 is 5.97 Å². The van der Waals surface area contributed by atoms with Gasteiger partial charge in [0, 0.05) is 6.08 Å². The summed E-state index contributed by atoms with van der Waals surface area (Å²) in [4.78, 5) is 22.2. The third-order valence-electron chi connectivity index (χ3n) is 2.54. The maximum atomic E-state index is 11.6. The molecule has 2 aromatic rings. The molecule has 0 aliphatic heterocycles. The van der Waals surface area contributed by atoms with Crippen LogP contribution < -0.4 is 5.32 Å². The van der Waals surface area contributed by atoms with Crippen molar-refractivity contribution in [2.45, 2.75) is 6.54 Å². The van der Waals surface area contributed by atoms with Gasteiger partial charge in [-0.3, -0.25) is 4.79 Å². The van der Waals surface area contributed by atoms with Crippen LogP contribution in [0.5, 0.6) is 0 Å². The van der Waals surface area contributed by atoms with Gasteiger partial charge in [-0.15, -0.1) is 0 Å². The van der Waals surface area contributed by atoms with Gasteiger partial charge in [0.15, 0.2) is 0 Å². The largest absolute Gasteiger partial charge is 0.475 e. The molecule has 0 atom stereocenters. The third-order valence-corrected chi connectivity index (χ3v) is 2.54. The molecule has 5 heteroatoms. The monoisotopic (exact) mass is 271 g/mol. The highest BCUT2D eigenvalue weighted by Gasteiger charge is 2.08. The Morgan fingerprint density at radius 3 is 2.55 bits per heavy atom. The molecule has 0 bridgehead atoms. The van der Waals surface area contributed by atoms with E-state index in [1.165, 1.54) is 18.2 Å². The van der Waals surface area contributed by atoms with Crippen molar-refractivity contribution in [3.8, 4) is 0 Å². The van der Waals surface area contributed by atoms with E-state index in [9.17, 15) is 9.59 Å². The van der Waals surface area contributed by atoms with Gasteiger partial charge in [-0.05, 0) is 23.8 Å². The molecule has 1 aromatic carbocycles. The van der Waals surface area contributed by atoms with Crippen LogP contribution in [0.15, 0.2) is 53.0 Å². The molecule has 1 amide bonds. The summed E-state index contributed by atoms with van der Waals surface area (Å²) in [6, 6.07) is 12.3. The predicted octanol–water partition coefficient (Wildman–Crippen LogP) is 2.31. The zero-order chi connectivity index (χ0) is 14.4. The van der Waals surface area contributed by atoms with Gasteiger partial charge in [0.05, 0.1) is 6.54 Å². The number of carboxylic acid groups (broad SMARTS) is 1. The third kappa shape index (κ3) is 3.84. The molecule has 1 heterocycles. The molecule has 0 aliphatic rings. The highest BCUT2D eigenvalue weighted by Crippen LogP contribution is 2.07. The van der Waals surface area contributed by atoms with Gasteiger partial charge < -0.3 is 14.8 Å². The van der Waals surface area contributed by atoms with Crippen molar-refractivity contribution in [2.75, 3.05) is 0 Å². The van der Waals surface area contributed by atoms with E-state index in [1.807, 2.05) is 30.3 Å². The van der Waals surface area contributed by atoms with Crippen molar-refractivity contribution < 1.29 is 19.1 Å². The summed E-state index contributed by atoms with van der Waals surface area (Å²) in [7, 11) is 0. The minimum absolute atomic E-state index is 0.144. The maximum Gasteiger partial charge on any atom is 0.371 e. The second-order valence-corrected chi connectivity index (χ2v) is 4.03. The average Bonchev–Trinajstić information content (AvgIpc) is 2.93. The summed E-state index contributed by atoms with van der Waals surface area (Å²) in [5, 5.41) is 11.3. The molecule has 20 heavy (non-hydrogen) atoms. The van der Waals surface area contributed by atoms with Crippen LogP contribution in [-0.4, -0.2) is 17.0 Å². The smallest absolute Gasteiger partial charge is 0.371 e. The summed E-state index contributed by atoms with van der Waals surface area (Å²) in [6.45, 7) is 0.144. The van der Waals surface area contributed by atoms with Gasteiger partial charge in [0.25, 0.3) is 0 Å². The lowest BCUT2D eigenvalue weighted by Crippen LogP contribution is -2.19. The number of hydrogen-bond donors (Lipinski definition) is 2. The fraction of sp³-hybridized carbons (Fsp3) is 0.0667. The molecule has 0 aliphatic carbocycles. The van der Waals surface area contributed by atoms with Crippen molar-refractivity contribution >= 4 is 18.0 Å². The van der Waals surface area contributed by atoms with Crippen LogP contribution in [0.25, 0.3) is 6.08 Å². The van der Waals surface area contributed by atoms with Crippen LogP contribution in [0.4, 0.5) is 0 Å². The minimum Gasteiger partial charge on any atom is -0.475 e. The normalized spacial score (nSPS) is 10.6. The minimum atomic E-state index is -1.13. The zero-order valence-electron chi connectivity index (χ0n) is 10.6. The van der Waals surface area contributed by atoms with E-state index >= 15 is 0 Å². The van der Waals surface area contributed by atoms with Crippen molar-refractivity contribution in [2.24, 2.45) is 0 Å². The number of carbonyl (C=O) groups is 2. The highest BCUT2D eigenvalue weighted by atomic mass is 16.4. The van der Waals surface area contributed by atoms with E-state index in [0.29, 0.717) is 5.76 Å². The number of hydrogen-bond acceptors (Lipinski definition) is 3. The second-order valence-electron chi connectivity index (χ2n) is 4.03. The van der Waals surface area contributed by atoms with Crippen LogP contribution in [-0.2, 0) is 11.3 Å². The first-order chi connectivity index (χ1) is 9.65. The number of carboxylic acids is 1. The van der Waals surface area contributed by atoms with E-state index < -0.39 is 5.97 Å². The van der Waals surface area contributed by atoms with Gasteiger partial charge in [-0.1, -0.05) is 30.3 Å². The summed E-state index contributed by atoms with van der Waals surface area (Å²) < 4.78 is 5.02. The Labute approximate surface area is 115 Å². The van der Waals surface area contributed by atoms with Crippen molar-refractivity contribution in [3.05, 3.63) is 65.6 Å². The standard InChI is InChI=1S/C15H13NO4/c17-14(9-6-11-4-2-1-3-5-11)16-10-12-7-8-13(20-12)15(18)19/h1-9H,10H2,(H,16,17)(H,18,19)/b9-6+. The Hall–Kier alpha value is -2.82. The molecule has 102 valence electrons. The fourth-order valence-corrected chi connectivity index (χ4v) is 1.56. The average molecular weight is 271 g/mol. The second kappa shape index (κ2) is 6.38. The number of benzene rings is 1. The van der Waals surface area contributed by atoms with Crippen molar-refractivity contribution in [1.29, 1.82) is 0 Å². The van der Waals surface area contributed by atoms with E-state index in [-0.39, 0.29) is 18.2 Å². The lowest BCUT2D eigenvalue weighted by atomic mass is 10.2. The lowest BCUT2D eigenvalue weighted by Gasteiger charge is -1.98. The first-order valence-corrected chi connectivity index (χ1v) is 5.98. The topological polar surface area (TPSA) is 79.5 Å². The maximum absolute atomic E-state index is 11.6. The van der Waals surface area contributed by atoms with Crippen LogP contribution >= 0.6 is 0 Å². The van der Waals surface area contributed by atoms with Gasteiger partial charge in [0.2, 0.25) is 11.7 Å². The van der Waals surface area contributed by atoms with E-state index in [1.54, 1.807) is 6.08 Å². The molecule has 2 rings (SSSR count). The number of amides is 1. The number of rotatable bonds is 5. The number of carbonyl (C=O) groups excluding carboxylic acids is 1. The molecule has 0 saturated carbocycles. The summed E-state index contributed by atoms with van der Waals surface area (Å²) in [6.07, 6.45) is 3.11. The predicted molar refractivity (Wildman–Crippen MR) is 73.0 cm³/mol. The van der Waals surface area contributed by atoms with E-state index in [2.05, 4.69) is 5.32 Å².